The van der Waals surface area contributed by atoms with Crippen LogP contribution in [0.1, 0.15) is 48.2 Å². The van der Waals surface area contributed by atoms with Gasteiger partial charge in [0.2, 0.25) is 0 Å². The predicted octanol–water partition coefficient (Wildman–Crippen LogP) is 3.24. The average molecular weight is 289 g/mol. The first-order valence-corrected chi connectivity index (χ1v) is 7.61. The summed E-state index contributed by atoms with van der Waals surface area (Å²) >= 11 is 0. The number of carboxylic acid groups (broad SMARTS) is 1. The Morgan fingerprint density at radius 2 is 2.00 bits per heavy atom. The van der Waals surface area contributed by atoms with Crippen LogP contribution in [-0.2, 0) is 19.4 Å². The van der Waals surface area contributed by atoms with Crippen LogP contribution in [0.2, 0.25) is 0 Å². The molecule has 2 rings (SSSR count). The van der Waals surface area contributed by atoms with E-state index in [1.807, 2.05) is 6.92 Å². The van der Waals surface area contributed by atoms with Crippen LogP contribution in [0.25, 0.3) is 10.9 Å². The molecule has 0 spiro atoms. The Morgan fingerprint density at radius 3 is 2.57 bits per heavy atom. The molecule has 0 saturated carbocycles. The Balaban J connectivity index is 2.67. The van der Waals surface area contributed by atoms with E-state index in [1.165, 1.54) is 5.56 Å². The molecule has 0 saturated heterocycles. The molecule has 1 aromatic carbocycles. The third-order valence-corrected chi connectivity index (χ3v) is 3.90. The van der Waals surface area contributed by atoms with Crippen LogP contribution in [-0.4, -0.2) is 27.4 Å². The van der Waals surface area contributed by atoms with E-state index in [4.69, 9.17) is 0 Å². The monoisotopic (exact) mass is 289 g/mol. The summed E-state index contributed by atoms with van der Waals surface area (Å²) in [7, 11) is 0. The molecule has 0 aliphatic rings. The fourth-order valence-electron chi connectivity index (χ4n) is 2.84. The maximum absolute atomic E-state index is 11.3. The SMILES string of the molecule is CCCCc1cn(CCO)c2c(CC)cc(C(=O)O)cc12. The number of aliphatic hydroxyl groups is 1. The number of nitrogens with zero attached hydrogens (tertiary/aromatic N) is 1. The fourth-order valence-corrected chi connectivity index (χ4v) is 2.84. The molecule has 4 nitrogen and oxygen atoms in total. The van der Waals surface area contributed by atoms with Gasteiger partial charge in [-0.3, -0.25) is 0 Å². The number of aromatic nitrogens is 1. The van der Waals surface area contributed by atoms with Gasteiger partial charge in [0, 0.05) is 18.1 Å². The first-order valence-electron chi connectivity index (χ1n) is 7.61. The van der Waals surface area contributed by atoms with Gasteiger partial charge < -0.3 is 14.8 Å². The zero-order chi connectivity index (χ0) is 15.4. The smallest absolute Gasteiger partial charge is 0.335 e. The van der Waals surface area contributed by atoms with Crippen molar-refractivity contribution in [3.05, 3.63) is 35.0 Å². The number of hydrogen-bond donors (Lipinski definition) is 2. The van der Waals surface area contributed by atoms with Gasteiger partial charge in [-0.05, 0) is 42.5 Å². The molecule has 0 amide bonds. The highest BCUT2D eigenvalue weighted by Gasteiger charge is 2.15. The Bertz CT molecular complexity index is 643. The molecule has 2 aromatic rings. The first-order chi connectivity index (χ1) is 10.1. The quantitative estimate of drug-likeness (QED) is 0.822. The normalized spacial score (nSPS) is 11.2. The van der Waals surface area contributed by atoms with Crippen molar-refractivity contribution in [1.29, 1.82) is 0 Å². The van der Waals surface area contributed by atoms with Gasteiger partial charge in [-0.2, -0.15) is 0 Å². The lowest BCUT2D eigenvalue weighted by Crippen LogP contribution is -2.03. The van der Waals surface area contributed by atoms with E-state index in [0.29, 0.717) is 12.1 Å². The number of fused-ring (bicyclic) bond motifs is 1. The van der Waals surface area contributed by atoms with Crippen molar-refractivity contribution in [3.63, 3.8) is 0 Å². The molecule has 0 radical (unpaired) electrons. The molecule has 0 aliphatic heterocycles. The fraction of sp³-hybridized carbons (Fsp3) is 0.471. The molecule has 114 valence electrons. The summed E-state index contributed by atoms with van der Waals surface area (Å²) in [6.45, 7) is 4.80. The first kappa shape index (κ1) is 15.6. The van der Waals surface area contributed by atoms with E-state index >= 15 is 0 Å². The molecular formula is C17H23NO3. The van der Waals surface area contributed by atoms with Crippen molar-refractivity contribution < 1.29 is 15.0 Å². The summed E-state index contributed by atoms with van der Waals surface area (Å²) in [4.78, 5) is 11.3. The topological polar surface area (TPSA) is 62.5 Å². The molecule has 0 bridgehead atoms. The largest absolute Gasteiger partial charge is 0.478 e. The molecule has 0 unspecified atom stereocenters. The van der Waals surface area contributed by atoms with Crippen LogP contribution >= 0.6 is 0 Å². The number of aromatic carboxylic acids is 1. The molecule has 21 heavy (non-hydrogen) atoms. The predicted molar refractivity (Wildman–Crippen MR) is 84.0 cm³/mol. The number of rotatable bonds is 7. The van der Waals surface area contributed by atoms with Crippen LogP contribution in [0.5, 0.6) is 0 Å². The zero-order valence-electron chi connectivity index (χ0n) is 12.7. The molecule has 0 aliphatic carbocycles. The second-order valence-electron chi connectivity index (χ2n) is 5.37. The van der Waals surface area contributed by atoms with Gasteiger partial charge in [0.15, 0.2) is 0 Å². The van der Waals surface area contributed by atoms with Crippen molar-refractivity contribution >= 4 is 16.9 Å². The Morgan fingerprint density at radius 1 is 1.24 bits per heavy atom. The third kappa shape index (κ3) is 3.10. The number of carboxylic acids is 1. The molecule has 1 aromatic heterocycles. The van der Waals surface area contributed by atoms with Gasteiger partial charge in [-0.1, -0.05) is 20.3 Å². The van der Waals surface area contributed by atoms with E-state index in [2.05, 4.69) is 17.7 Å². The standard InChI is InChI=1S/C17H23NO3/c1-3-5-6-13-11-18(7-8-19)16-12(4-2)9-14(17(20)21)10-15(13)16/h9-11,19H,3-8H2,1-2H3,(H,20,21). The summed E-state index contributed by atoms with van der Waals surface area (Å²) < 4.78 is 2.06. The average Bonchev–Trinajstić information content (AvgIpc) is 2.82. The highest BCUT2D eigenvalue weighted by molar-refractivity contribution is 5.96. The van der Waals surface area contributed by atoms with Crippen molar-refractivity contribution in [3.8, 4) is 0 Å². The van der Waals surface area contributed by atoms with E-state index < -0.39 is 5.97 Å². The summed E-state index contributed by atoms with van der Waals surface area (Å²) in [5.74, 6) is -0.886. The Kier molecular flexibility index (Phi) is 5.02. The lowest BCUT2D eigenvalue weighted by atomic mass is 10.0. The molecule has 0 atom stereocenters. The number of carbonyl (C=O) groups is 1. The van der Waals surface area contributed by atoms with Gasteiger partial charge >= 0.3 is 5.97 Å². The minimum atomic E-state index is -0.886. The number of benzene rings is 1. The maximum atomic E-state index is 11.3. The van der Waals surface area contributed by atoms with E-state index in [1.54, 1.807) is 12.1 Å². The third-order valence-electron chi connectivity index (χ3n) is 3.90. The van der Waals surface area contributed by atoms with Crippen LogP contribution in [0, 0.1) is 0 Å². The van der Waals surface area contributed by atoms with Gasteiger partial charge in [0.05, 0.1) is 17.7 Å². The van der Waals surface area contributed by atoms with Gasteiger partial charge in [-0.15, -0.1) is 0 Å². The van der Waals surface area contributed by atoms with Crippen molar-refractivity contribution in [2.24, 2.45) is 0 Å². The van der Waals surface area contributed by atoms with E-state index in [-0.39, 0.29) is 6.61 Å². The minimum Gasteiger partial charge on any atom is -0.478 e. The highest BCUT2D eigenvalue weighted by Crippen LogP contribution is 2.28. The lowest BCUT2D eigenvalue weighted by Gasteiger charge is -2.08. The highest BCUT2D eigenvalue weighted by atomic mass is 16.4. The Labute approximate surface area is 125 Å². The van der Waals surface area contributed by atoms with E-state index in [0.717, 1.165) is 42.1 Å². The molecular weight excluding hydrogens is 266 g/mol. The number of aliphatic hydroxyl groups excluding tert-OH is 1. The maximum Gasteiger partial charge on any atom is 0.335 e. The van der Waals surface area contributed by atoms with Gasteiger partial charge in [0.25, 0.3) is 0 Å². The van der Waals surface area contributed by atoms with Crippen LogP contribution < -0.4 is 0 Å². The second-order valence-corrected chi connectivity index (χ2v) is 5.37. The Hall–Kier alpha value is -1.81. The minimum absolute atomic E-state index is 0.0842. The molecule has 1 heterocycles. The van der Waals surface area contributed by atoms with Crippen LogP contribution in [0.4, 0.5) is 0 Å². The number of aryl methyl sites for hydroxylation is 2. The van der Waals surface area contributed by atoms with Crippen molar-refractivity contribution in [2.75, 3.05) is 6.61 Å². The molecule has 2 N–H and O–H groups in total. The summed E-state index contributed by atoms with van der Waals surface area (Å²) in [6.07, 6.45) is 5.97. The van der Waals surface area contributed by atoms with Gasteiger partial charge in [0.1, 0.15) is 0 Å². The summed E-state index contributed by atoms with van der Waals surface area (Å²) in [5.41, 5.74) is 3.63. The molecule has 4 heteroatoms. The summed E-state index contributed by atoms with van der Waals surface area (Å²) in [5, 5.41) is 19.6. The number of unbranched alkanes of at least 4 members (excludes halogenated alkanes) is 1. The van der Waals surface area contributed by atoms with E-state index in [9.17, 15) is 15.0 Å². The van der Waals surface area contributed by atoms with Crippen LogP contribution in [0.15, 0.2) is 18.3 Å². The van der Waals surface area contributed by atoms with Crippen LogP contribution in [0.3, 0.4) is 0 Å². The lowest BCUT2D eigenvalue weighted by molar-refractivity contribution is 0.0697. The van der Waals surface area contributed by atoms with Crippen molar-refractivity contribution in [2.45, 2.75) is 46.1 Å². The van der Waals surface area contributed by atoms with Crippen molar-refractivity contribution in [1.82, 2.24) is 4.57 Å². The summed E-state index contributed by atoms with van der Waals surface area (Å²) in [6, 6.07) is 3.53. The zero-order valence-corrected chi connectivity index (χ0v) is 12.7. The van der Waals surface area contributed by atoms with Gasteiger partial charge in [-0.25, -0.2) is 4.79 Å². The molecule has 0 fully saturated rings. The second kappa shape index (κ2) is 6.76. The number of hydrogen-bond acceptors (Lipinski definition) is 2.